The Morgan fingerprint density at radius 1 is 1.21 bits per heavy atom. The first kappa shape index (κ1) is 13.9. The predicted octanol–water partition coefficient (Wildman–Crippen LogP) is 3.63. The summed E-state index contributed by atoms with van der Waals surface area (Å²) < 4.78 is 0. The van der Waals surface area contributed by atoms with E-state index in [-0.39, 0.29) is 0 Å². The van der Waals surface area contributed by atoms with Crippen molar-refractivity contribution in [2.75, 3.05) is 19.0 Å². The predicted molar refractivity (Wildman–Crippen MR) is 83.4 cm³/mol. The molecule has 0 unspecified atom stereocenters. The summed E-state index contributed by atoms with van der Waals surface area (Å²) in [5.74, 6) is 1.30. The van der Waals surface area contributed by atoms with Crippen molar-refractivity contribution in [2.45, 2.75) is 39.0 Å². The molecule has 3 heteroatoms. The largest absolute Gasteiger partial charge is 0.387 e. The van der Waals surface area contributed by atoms with Gasteiger partial charge in [0.15, 0.2) is 0 Å². The fourth-order valence-electron chi connectivity index (χ4n) is 2.79. The third-order valence-corrected chi connectivity index (χ3v) is 3.96. The number of hydrogen-bond donors (Lipinski definition) is 1. The summed E-state index contributed by atoms with van der Waals surface area (Å²) >= 11 is 0. The van der Waals surface area contributed by atoms with E-state index in [9.17, 15) is 0 Å². The van der Waals surface area contributed by atoms with E-state index in [1.165, 1.54) is 43.4 Å². The molecule has 104 valence electrons. The average Bonchev–Trinajstić information content (AvgIpc) is 2.41. The molecule has 0 aliphatic heterocycles. The maximum atomic E-state index is 6.18. The molecule has 1 fully saturated rings. The number of aliphatic imine (C=N–C) groups is 1. The van der Waals surface area contributed by atoms with Crippen LogP contribution in [0.5, 0.6) is 0 Å². The fraction of sp³-hybridized carbons (Fsp3) is 0.562. The number of nitrogens with zero attached hydrogens (tertiary/aromatic N) is 2. The highest BCUT2D eigenvalue weighted by atomic mass is 15.1. The second kappa shape index (κ2) is 6.09. The second-order valence-electron chi connectivity index (χ2n) is 5.74. The molecule has 19 heavy (non-hydrogen) atoms. The minimum absolute atomic E-state index is 0.484. The molecule has 0 heterocycles. The molecule has 1 aliphatic rings. The van der Waals surface area contributed by atoms with E-state index in [0.29, 0.717) is 5.92 Å². The summed E-state index contributed by atoms with van der Waals surface area (Å²) in [6.07, 6.45) is 6.32. The van der Waals surface area contributed by atoms with Crippen molar-refractivity contribution in [1.82, 2.24) is 0 Å². The van der Waals surface area contributed by atoms with Crippen LogP contribution in [-0.2, 0) is 0 Å². The quantitative estimate of drug-likeness (QED) is 0.665. The van der Waals surface area contributed by atoms with E-state index >= 15 is 0 Å². The Kier molecular flexibility index (Phi) is 4.46. The first-order valence-electron chi connectivity index (χ1n) is 7.20. The van der Waals surface area contributed by atoms with Gasteiger partial charge in [-0.05, 0) is 37.5 Å². The van der Waals surface area contributed by atoms with Gasteiger partial charge >= 0.3 is 0 Å². The van der Waals surface area contributed by atoms with Crippen molar-refractivity contribution >= 4 is 17.2 Å². The molecule has 3 nitrogen and oxygen atoms in total. The molecule has 0 saturated heterocycles. The molecule has 2 rings (SSSR count). The van der Waals surface area contributed by atoms with Crippen LogP contribution in [0, 0.1) is 12.8 Å². The molecule has 0 amide bonds. The van der Waals surface area contributed by atoms with Gasteiger partial charge in [0, 0.05) is 25.7 Å². The highest BCUT2D eigenvalue weighted by Gasteiger charge is 2.17. The number of aryl methyl sites for hydroxylation is 1. The number of nitrogens with two attached hydrogens (primary N) is 1. The lowest BCUT2D eigenvalue weighted by Crippen LogP contribution is -2.25. The molecule has 1 saturated carbocycles. The smallest absolute Gasteiger partial charge is 0.103 e. The molecule has 1 aromatic rings. The van der Waals surface area contributed by atoms with Crippen molar-refractivity contribution in [3.8, 4) is 0 Å². The SMILES string of the molecule is Cc1ccc(N=C(N)C2CCCCC2)cc1N(C)C. The van der Waals surface area contributed by atoms with Crippen LogP contribution in [0.1, 0.15) is 37.7 Å². The molecule has 0 bridgehead atoms. The first-order valence-corrected chi connectivity index (χ1v) is 7.20. The van der Waals surface area contributed by atoms with E-state index < -0.39 is 0 Å². The second-order valence-corrected chi connectivity index (χ2v) is 5.74. The zero-order chi connectivity index (χ0) is 13.8. The monoisotopic (exact) mass is 259 g/mol. The molecular formula is C16H25N3. The van der Waals surface area contributed by atoms with Crippen LogP contribution >= 0.6 is 0 Å². The fourth-order valence-corrected chi connectivity index (χ4v) is 2.79. The van der Waals surface area contributed by atoms with E-state index in [2.05, 4.69) is 49.1 Å². The maximum Gasteiger partial charge on any atom is 0.103 e. The van der Waals surface area contributed by atoms with Crippen LogP contribution in [0.15, 0.2) is 23.2 Å². The molecule has 0 atom stereocenters. The van der Waals surface area contributed by atoms with Gasteiger partial charge in [-0.1, -0.05) is 25.3 Å². The zero-order valence-corrected chi connectivity index (χ0v) is 12.3. The Morgan fingerprint density at radius 2 is 1.89 bits per heavy atom. The van der Waals surface area contributed by atoms with Gasteiger partial charge in [-0.25, -0.2) is 4.99 Å². The summed E-state index contributed by atoms with van der Waals surface area (Å²) in [6.45, 7) is 2.12. The van der Waals surface area contributed by atoms with Crippen LogP contribution in [-0.4, -0.2) is 19.9 Å². The highest BCUT2D eigenvalue weighted by molar-refractivity contribution is 5.85. The summed E-state index contributed by atoms with van der Waals surface area (Å²) in [5.41, 5.74) is 9.62. The van der Waals surface area contributed by atoms with Crippen LogP contribution in [0.4, 0.5) is 11.4 Å². The number of amidine groups is 1. The Balaban J connectivity index is 2.19. The van der Waals surface area contributed by atoms with Crippen molar-refractivity contribution in [1.29, 1.82) is 0 Å². The molecule has 0 spiro atoms. The minimum Gasteiger partial charge on any atom is -0.387 e. The molecule has 0 radical (unpaired) electrons. The zero-order valence-electron chi connectivity index (χ0n) is 12.3. The van der Waals surface area contributed by atoms with Crippen molar-refractivity contribution in [3.05, 3.63) is 23.8 Å². The third kappa shape index (κ3) is 3.49. The molecule has 2 N–H and O–H groups in total. The van der Waals surface area contributed by atoms with Crippen LogP contribution < -0.4 is 10.6 Å². The topological polar surface area (TPSA) is 41.6 Å². The molecule has 1 aliphatic carbocycles. The maximum absolute atomic E-state index is 6.18. The summed E-state index contributed by atoms with van der Waals surface area (Å²) in [6, 6.07) is 6.28. The molecular weight excluding hydrogens is 234 g/mol. The van der Waals surface area contributed by atoms with E-state index in [1.54, 1.807) is 0 Å². The van der Waals surface area contributed by atoms with E-state index in [1.807, 2.05) is 0 Å². The number of benzene rings is 1. The van der Waals surface area contributed by atoms with Gasteiger partial charge in [0.25, 0.3) is 0 Å². The van der Waals surface area contributed by atoms with Gasteiger partial charge in [-0.2, -0.15) is 0 Å². The van der Waals surface area contributed by atoms with Crippen molar-refractivity contribution in [3.63, 3.8) is 0 Å². The summed E-state index contributed by atoms with van der Waals surface area (Å²) in [4.78, 5) is 6.75. The van der Waals surface area contributed by atoms with Crippen LogP contribution in [0.3, 0.4) is 0 Å². The lowest BCUT2D eigenvalue weighted by Gasteiger charge is -2.21. The van der Waals surface area contributed by atoms with Gasteiger partial charge in [-0.3, -0.25) is 0 Å². The van der Waals surface area contributed by atoms with Gasteiger partial charge in [0.05, 0.1) is 5.69 Å². The van der Waals surface area contributed by atoms with Crippen LogP contribution in [0.25, 0.3) is 0 Å². The Hall–Kier alpha value is -1.51. The highest BCUT2D eigenvalue weighted by Crippen LogP contribution is 2.27. The Morgan fingerprint density at radius 3 is 2.53 bits per heavy atom. The Labute approximate surface area is 116 Å². The molecule has 0 aromatic heterocycles. The lowest BCUT2D eigenvalue weighted by atomic mass is 9.88. The number of anilines is 1. The molecule has 1 aromatic carbocycles. The normalized spacial score (nSPS) is 17.5. The lowest BCUT2D eigenvalue weighted by molar-refractivity contribution is 0.437. The van der Waals surface area contributed by atoms with Crippen LogP contribution in [0.2, 0.25) is 0 Å². The van der Waals surface area contributed by atoms with Gasteiger partial charge < -0.3 is 10.6 Å². The number of rotatable bonds is 3. The van der Waals surface area contributed by atoms with E-state index in [4.69, 9.17) is 5.73 Å². The first-order chi connectivity index (χ1) is 9.08. The summed E-state index contributed by atoms with van der Waals surface area (Å²) in [7, 11) is 4.11. The van der Waals surface area contributed by atoms with Gasteiger partial charge in [0.1, 0.15) is 5.84 Å². The third-order valence-electron chi connectivity index (χ3n) is 3.96. The average molecular weight is 259 g/mol. The summed E-state index contributed by atoms with van der Waals surface area (Å²) in [5, 5.41) is 0. The van der Waals surface area contributed by atoms with Crippen molar-refractivity contribution < 1.29 is 0 Å². The van der Waals surface area contributed by atoms with Gasteiger partial charge in [-0.15, -0.1) is 0 Å². The van der Waals surface area contributed by atoms with Gasteiger partial charge in [0.2, 0.25) is 0 Å². The van der Waals surface area contributed by atoms with E-state index in [0.717, 1.165) is 11.5 Å². The van der Waals surface area contributed by atoms with Crippen molar-refractivity contribution in [2.24, 2.45) is 16.6 Å². The number of hydrogen-bond acceptors (Lipinski definition) is 2. The standard InChI is InChI=1S/C16H25N3/c1-12-9-10-14(11-15(12)19(2)3)18-16(17)13-7-5-4-6-8-13/h9-11,13H,4-8H2,1-3H3,(H2,17,18). The Bertz CT molecular complexity index is 457. The minimum atomic E-state index is 0.484.